The van der Waals surface area contributed by atoms with Crippen LogP contribution < -0.4 is 15.2 Å². The van der Waals surface area contributed by atoms with E-state index in [1.54, 1.807) is 11.0 Å². The summed E-state index contributed by atoms with van der Waals surface area (Å²) in [6, 6.07) is 7.05. The molecule has 4 aromatic rings. The smallest absolute Gasteiger partial charge is 0.319 e. The summed E-state index contributed by atoms with van der Waals surface area (Å²) in [4.78, 5) is 42.5. The zero-order chi connectivity index (χ0) is 30.4. The van der Waals surface area contributed by atoms with E-state index in [0.717, 1.165) is 19.4 Å². The maximum Gasteiger partial charge on any atom is 0.319 e. The first-order valence-electron chi connectivity index (χ1n) is 14.2. The average molecular weight is 609 g/mol. The van der Waals surface area contributed by atoms with Crippen LogP contribution in [0.25, 0.3) is 32.9 Å². The van der Waals surface area contributed by atoms with E-state index in [0.29, 0.717) is 42.8 Å². The molecule has 224 valence electrons. The first-order chi connectivity index (χ1) is 20.7. The van der Waals surface area contributed by atoms with Crippen LogP contribution in [0.4, 0.5) is 14.6 Å². The van der Waals surface area contributed by atoms with Gasteiger partial charge in [0.2, 0.25) is 11.5 Å². The minimum Gasteiger partial charge on any atom is -0.462 e. The number of fused-ring (bicyclic) bond motifs is 2. The van der Waals surface area contributed by atoms with E-state index >= 15 is 8.78 Å². The van der Waals surface area contributed by atoms with Crippen LogP contribution in [-0.2, 0) is 4.79 Å². The van der Waals surface area contributed by atoms with Gasteiger partial charge in [-0.3, -0.25) is 9.59 Å². The fraction of sp³-hybridized carbons (Fsp3) is 0.355. The molecular weight excluding hydrogens is 578 g/mol. The number of aromatic nitrogens is 3. The van der Waals surface area contributed by atoms with Crippen LogP contribution in [0.15, 0.2) is 47.8 Å². The van der Waals surface area contributed by atoms with E-state index in [1.165, 1.54) is 30.3 Å². The number of carbonyl (C=O) groups excluding carboxylic acids is 1. The molecule has 1 amide bonds. The normalized spacial score (nSPS) is 19.4. The van der Waals surface area contributed by atoms with Gasteiger partial charge in [-0.1, -0.05) is 30.3 Å². The van der Waals surface area contributed by atoms with Crippen molar-refractivity contribution in [1.82, 2.24) is 24.8 Å². The van der Waals surface area contributed by atoms with Crippen LogP contribution >= 0.6 is 11.6 Å². The van der Waals surface area contributed by atoms with E-state index in [9.17, 15) is 9.59 Å². The monoisotopic (exact) mass is 608 g/mol. The molecule has 2 atom stereocenters. The summed E-state index contributed by atoms with van der Waals surface area (Å²) in [5.41, 5.74) is -0.865. The predicted octanol–water partition coefficient (Wildman–Crippen LogP) is 4.77. The third-order valence-electron chi connectivity index (χ3n) is 8.39. The molecule has 0 unspecified atom stereocenters. The highest BCUT2D eigenvalue weighted by Crippen LogP contribution is 2.41. The molecular formula is C31H31ClF2N6O3. The molecule has 43 heavy (non-hydrogen) atoms. The topological polar surface area (TPSA) is 94.7 Å². The van der Waals surface area contributed by atoms with Crippen LogP contribution in [0.3, 0.4) is 0 Å². The molecule has 0 radical (unpaired) electrons. The quantitative estimate of drug-likeness (QED) is 0.315. The van der Waals surface area contributed by atoms with Crippen molar-refractivity contribution in [3.05, 3.63) is 70.0 Å². The SMILES string of the molecule is C=CC(=O)N1CCN(c2nc(OC[C@@H]3CCCN3C)nc3c(F)c(-c4[nH]c(=O)cc5cccc(F)c45)c(Cl)cc23)[C@@H](C)C1. The van der Waals surface area contributed by atoms with Crippen LogP contribution in [0, 0.1) is 11.6 Å². The van der Waals surface area contributed by atoms with Crippen LogP contribution in [0.1, 0.15) is 19.8 Å². The van der Waals surface area contributed by atoms with Crippen LogP contribution in [-0.4, -0.2) is 82.6 Å². The third-order valence-corrected chi connectivity index (χ3v) is 8.68. The maximum atomic E-state index is 16.7. The van der Waals surface area contributed by atoms with Gasteiger partial charge in [0.1, 0.15) is 23.8 Å². The Bertz CT molecular complexity index is 1810. The zero-order valence-electron chi connectivity index (χ0n) is 23.9. The number of benzene rings is 2. The third kappa shape index (κ3) is 5.31. The van der Waals surface area contributed by atoms with E-state index in [2.05, 4.69) is 21.4 Å². The number of amides is 1. The van der Waals surface area contributed by atoms with Crippen molar-refractivity contribution < 1.29 is 18.3 Å². The van der Waals surface area contributed by atoms with Gasteiger partial charge in [-0.15, -0.1) is 0 Å². The van der Waals surface area contributed by atoms with Crippen LogP contribution in [0.2, 0.25) is 5.02 Å². The fourth-order valence-electron chi connectivity index (χ4n) is 6.11. The fourth-order valence-corrected chi connectivity index (χ4v) is 6.40. The van der Waals surface area contributed by atoms with Gasteiger partial charge in [-0.25, -0.2) is 8.78 Å². The molecule has 2 saturated heterocycles. The molecule has 0 bridgehead atoms. The van der Waals surface area contributed by atoms with E-state index in [-0.39, 0.29) is 51.2 Å². The lowest BCUT2D eigenvalue weighted by atomic mass is 10.0. The van der Waals surface area contributed by atoms with E-state index in [4.69, 9.17) is 21.3 Å². The number of hydrogen-bond acceptors (Lipinski definition) is 7. The molecule has 0 spiro atoms. The predicted molar refractivity (Wildman–Crippen MR) is 163 cm³/mol. The molecule has 1 N–H and O–H groups in total. The summed E-state index contributed by atoms with van der Waals surface area (Å²) in [5.74, 6) is -1.23. The summed E-state index contributed by atoms with van der Waals surface area (Å²) in [5, 5.41) is 0.627. The van der Waals surface area contributed by atoms with Crippen molar-refractivity contribution in [2.24, 2.45) is 0 Å². The number of piperazine rings is 1. The summed E-state index contributed by atoms with van der Waals surface area (Å²) < 4.78 is 37.8. The Balaban J connectivity index is 1.52. The number of rotatable bonds is 6. The van der Waals surface area contributed by atoms with Gasteiger partial charge in [0, 0.05) is 48.6 Å². The summed E-state index contributed by atoms with van der Waals surface area (Å²) in [7, 11) is 2.03. The Hall–Kier alpha value is -4.09. The van der Waals surface area contributed by atoms with Crippen molar-refractivity contribution in [1.29, 1.82) is 0 Å². The standard InChI is InChI=1S/C31H31ClF2N6O3/c1-4-24(42)39-11-12-40(17(2)15-39)30-20-14-21(32)26(29-25-18(13-23(41)35-29)7-5-9-22(25)33)27(34)28(20)36-31(37-30)43-16-19-8-6-10-38(19)3/h4-5,7,9,13-14,17,19H,1,6,8,10-12,15-16H2,2-3H3,(H,35,41)/t17-,19-/m0/s1. The minimum atomic E-state index is -0.839. The number of halogens is 3. The van der Waals surface area contributed by atoms with Gasteiger partial charge in [-0.05, 0) is 57.0 Å². The number of nitrogens with zero attached hydrogens (tertiary/aromatic N) is 5. The number of H-pyrrole nitrogens is 1. The Morgan fingerprint density at radius 3 is 2.77 bits per heavy atom. The molecule has 0 aliphatic carbocycles. The highest BCUT2D eigenvalue weighted by atomic mass is 35.5. The van der Waals surface area contributed by atoms with Gasteiger partial charge < -0.3 is 24.4 Å². The van der Waals surface area contributed by atoms with Gasteiger partial charge in [-0.2, -0.15) is 9.97 Å². The number of likely N-dealkylation sites (N-methyl/N-ethyl adjacent to an activating group) is 1. The first-order valence-corrected chi connectivity index (χ1v) is 14.6. The minimum absolute atomic E-state index is 0.00985. The van der Waals surface area contributed by atoms with Crippen molar-refractivity contribution in [2.75, 3.05) is 44.7 Å². The number of pyridine rings is 1. The molecule has 0 saturated carbocycles. The number of ether oxygens (including phenoxy) is 1. The molecule has 2 aromatic carbocycles. The Kier molecular flexibility index (Phi) is 7.78. The highest BCUT2D eigenvalue weighted by Gasteiger charge is 2.31. The number of likely N-dealkylation sites (tertiary alicyclic amines) is 1. The number of aromatic amines is 1. The van der Waals surface area contributed by atoms with Gasteiger partial charge in [0.15, 0.2) is 5.82 Å². The molecule has 12 heteroatoms. The van der Waals surface area contributed by atoms with E-state index in [1.807, 2.05) is 18.9 Å². The second-order valence-corrected chi connectivity index (χ2v) is 11.5. The van der Waals surface area contributed by atoms with Crippen molar-refractivity contribution in [2.45, 2.75) is 31.8 Å². The lowest BCUT2D eigenvalue weighted by molar-refractivity contribution is -0.126. The van der Waals surface area contributed by atoms with Crippen molar-refractivity contribution in [3.8, 4) is 17.3 Å². The highest BCUT2D eigenvalue weighted by molar-refractivity contribution is 6.34. The van der Waals surface area contributed by atoms with Gasteiger partial charge >= 0.3 is 6.01 Å². The van der Waals surface area contributed by atoms with Gasteiger partial charge in [0.05, 0.1) is 16.3 Å². The van der Waals surface area contributed by atoms with Gasteiger partial charge in [0.25, 0.3) is 0 Å². The second kappa shape index (κ2) is 11.5. The molecule has 6 rings (SSSR count). The number of nitrogens with one attached hydrogen (secondary N) is 1. The first kappa shape index (κ1) is 29.0. The number of carbonyl (C=O) groups is 1. The molecule has 4 heterocycles. The number of anilines is 1. The number of hydrogen-bond donors (Lipinski definition) is 1. The molecule has 2 fully saturated rings. The van der Waals surface area contributed by atoms with E-state index < -0.39 is 17.2 Å². The lowest BCUT2D eigenvalue weighted by Gasteiger charge is -2.40. The Morgan fingerprint density at radius 1 is 1.23 bits per heavy atom. The Morgan fingerprint density at radius 2 is 2.05 bits per heavy atom. The summed E-state index contributed by atoms with van der Waals surface area (Å²) in [6.45, 7) is 8.04. The average Bonchev–Trinajstić information content (AvgIpc) is 3.39. The molecule has 2 aromatic heterocycles. The Labute approximate surface area is 251 Å². The molecule has 2 aliphatic rings. The lowest BCUT2D eigenvalue weighted by Crippen LogP contribution is -2.53. The zero-order valence-corrected chi connectivity index (χ0v) is 24.6. The van der Waals surface area contributed by atoms with Crippen molar-refractivity contribution >= 4 is 45.0 Å². The van der Waals surface area contributed by atoms with Crippen molar-refractivity contribution in [3.63, 3.8) is 0 Å². The maximum absolute atomic E-state index is 16.7. The molecule has 2 aliphatic heterocycles. The summed E-state index contributed by atoms with van der Waals surface area (Å²) >= 11 is 6.72. The summed E-state index contributed by atoms with van der Waals surface area (Å²) in [6.07, 6.45) is 3.29. The van der Waals surface area contributed by atoms with Crippen LogP contribution in [0.5, 0.6) is 6.01 Å². The second-order valence-electron chi connectivity index (χ2n) is 11.1. The largest absolute Gasteiger partial charge is 0.462 e. The molecule has 9 nitrogen and oxygen atoms in total.